The standard InChI is InChI=1S/C13H14Cl2N2S/c1-2-3-16-7-12-8-18-13(17-12)9-4-10(14)6-11(15)5-9/h4-6,8,16H,2-3,7H2,1H3. The number of hydrogen-bond acceptors (Lipinski definition) is 3. The summed E-state index contributed by atoms with van der Waals surface area (Å²) in [5.41, 5.74) is 2.03. The molecule has 96 valence electrons. The summed E-state index contributed by atoms with van der Waals surface area (Å²) in [7, 11) is 0. The fourth-order valence-electron chi connectivity index (χ4n) is 1.59. The van der Waals surface area contributed by atoms with Crippen LogP contribution in [0, 0.1) is 0 Å². The van der Waals surface area contributed by atoms with E-state index >= 15 is 0 Å². The maximum atomic E-state index is 5.99. The van der Waals surface area contributed by atoms with Crippen molar-refractivity contribution in [2.24, 2.45) is 0 Å². The molecule has 1 N–H and O–H groups in total. The first-order valence-corrected chi connectivity index (χ1v) is 7.44. The summed E-state index contributed by atoms with van der Waals surface area (Å²) in [4.78, 5) is 4.57. The van der Waals surface area contributed by atoms with Crippen molar-refractivity contribution < 1.29 is 0 Å². The van der Waals surface area contributed by atoms with Gasteiger partial charge >= 0.3 is 0 Å². The first-order valence-electron chi connectivity index (χ1n) is 5.80. The fourth-order valence-corrected chi connectivity index (χ4v) is 2.92. The van der Waals surface area contributed by atoms with Crippen molar-refractivity contribution in [3.05, 3.63) is 39.3 Å². The zero-order chi connectivity index (χ0) is 13.0. The Labute approximate surface area is 121 Å². The van der Waals surface area contributed by atoms with Crippen LogP contribution >= 0.6 is 34.5 Å². The summed E-state index contributed by atoms with van der Waals surface area (Å²) < 4.78 is 0. The van der Waals surface area contributed by atoms with Gasteiger partial charge in [0, 0.05) is 27.5 Å². The van der Waals surface area contributed by atoms with Gasteiger partial charge in [0.2, 0.25) is 0 Å². The van der Waals surface area contributed by atoms with Crippen LogP contribution in [0.4, 0.5) is 0 Å². The summed E-state index contributed by atoms with van der Waals surface area (Å²) in [6, 6.07) is 5.50. The van der Waals surface area contributed by atoms with E-state index in [4.69, 9.17) is 23.2 Å². The van der Waals surface area contributed by atoms with Crippen molar-refractivity contribution in [2.75, 3.05) is 6.54 Å². The molecule has 0 fully saturated rings. The number of benzene rings is 1. The van der Waals surface area contributed by atoms with Crippen molar-refractivity contribution in [3.63, 3.8) is 0 Å². The van der Waals surface area contributed by atoms with Gasteiger partial charge in [0.1, 0.15) is 5.01 Å². The minimum atomic E-state index is 0.637. The summed E-state index contributed by atoms with van der Waals surface area (Å²) in [5.74, 6) is 0. The topological polar surface area (TPSA) is 24.9 Å². The third kappa shape index (κ3) is 3.69. The molecule has 0 aliphatic heterocycles. The highest BCUT2D eigenvalue weighted by molar-refractivity contribution is 7.13. The Bertz CT molecular complexity index is 505. The summed E-state index contributed by atoms with van der Waals surface area (Å²) in [6.07, 6.45) is 1.13. The van der Waals surface area contributed by atoms with Crippen LogP contribution in [-0.4, -0.2) is 11.5 Å². The Balaban J connectivity index is 2.13. The van der Waals surface area contributed by atoms with Crippen LogP contribution in [0.3, 0.4) is 0 Å². The Morgan fingerprint density at radius 2 is 1.94 bits per heavy atom. The molecule has 1 aromatic heterocycles. The van der Waals surface area contributed by atoms with Gasteiger partial charge in [0.25, 0.3) is 0 Å². The van der Waals surface area contributed by atoms with Gasteiger partial charge in [0.05, 0.1) is 5.69 Å². The van der Waals surface area contributed by atoms with Crippen LogP contribution in [0.15, 0.2) is 23.6 Å². The zero-order valence-corrected chi connectivity index (χ0v) is 12.4. The normalized spacial score (nSPS) is 10.8. The maximum Gasteiger partial charge on any atom is 0.123 e. The first-order chi connectivity index (χ1) is 8.69. The molecule has 2 rings (SSSR count). The van der Waals surface area contributed by atoms with Gasteiger partial charge in [-0.05, 0) is 31.2 Å². The lowest BCUT2D eigenvalue weighted by Gasteiger charge is -2.00. The molecule has 2 aromatic rings. The van der Waals surface area contributed by atoms with Crippen LogP contribution in [-0.2, 0) is 6.54 Å². The predicted octanol–water partition coefficient (Wildman–Crippen LogP) is 4.62. The maximum absolute atomic E-state index is 5.99. The van der Waals surface area contributed by atoms with E-state index in [1.807, 2.05) is 12.1 Å². The molecule has 5 heteroatoms. The third-order valence-corrected chi connectivity index (χ3v) is 3.77. The number of rotatable bonds is 5. The molecule has 0 saturated carbocycles. The van der Waals surface area contributed by atoms with Crippen LogP contribution in [0.5, 0.6) is 0 Å². The second-order valence-electron chi connectivity index (χ2n) is 3.98. The average molecular weight is 301 g/mol. The molecular formula is C13H14Cl2N2S. The van der Waals surface area contributed by atoms with Gasteiger partial charge in [-0.2, -0.15) is 0 Å². The highest BCUT2D eigenvalue weighted by Crippen LogP contribution is 2.29. The molecule has 2 nitrogen and oxygen atoms in total. The second-order valence-corrected chi connectivity index (χ2v) is 5.71. The highest BCUT2D eigenvalue weighted by Gasteiger charge is 2.06. The van der Waals surface area contributed by atoms with Gasteiger partial charge in [-0.25, -0.2) is 4.98 Å². The lowest BCUT2D eigenvalue weighted by atomic mass is 10.2. The van der Waals surface area contributed by atoms with Gasteiger partial charge in [-0.15, -0.1) is 11.3 Å². The van der Waals surface area contributed by atoms with Crippen LogP contribution in [0.25, 0.3) is 10.6 Å². The Morgan fingerprint density at radius 1 is 1.22 bits per heavy atom. The number of nitrogens with one attached hydrogen (secondary N) is 1. The van der Waals surface area contributed by atoms with Crippen LogP contribution in [0.1, 0.15) is 19.0 Å². The molecule has 0 atom stereocenters. The molecule has 0 radical (unpaired) electrons. The summed E-state index contributed by atoms with van der Waals surface area (Å²) >= 11 is 13.6. The molecule has 0 unspecified atom stereocenters. The van der Waals surface area contributed by atoms with E-state index in [0.717, 1.165) is 35.8 Å². The largest absolute Gasteiger partial charge is 0.311 e. The van der Waals surface area contributed by atoms with Crippen molar-refractivity contribution >= 4 is 34.5 Å². The van der Waals surface area contributed by atoms with Crippen LogP contribution in [0.2, 0.25) is 10.0 Å². The molecule has 0 amide bonds. The minimum absolute atomic E-state index is 0.637. The quantitative estimate of drug-likeness (QED) is 0.815. The Hall–Kier alpha value is -0.610. The van der Waals surface area contributed by atoms with Crippen molar-refractivity contribution in [3.8, 4) is 10.6 Å². The van der Waals surface area contributed by atoms with Crippen molar-refractivity contribution in [1.29, 1.82) is 0 Å². The molecule has 1 aromatic carbocycles. The lowest BCUT2D eigenvalue weighted by Crippen LogP contribution is -2.13. The summed E-state index contributed by atoms with van der Waals surface area (Å²) in [5, 5.41) is 7.62. The fraction of sp³-hybridized carbons (Fsp3) is 0.308. The van der Waals surface area contributed by atoms with Crippen LogP contribution < -0.4 is 5.32 Å². The van der Waals surface area contributed by atoms with E-state index < -0.39 is 0 Å². The first kappa shape index (κ1) is 13.8. The van der Waals surface area contributed by atoms with E-state index in [1.165, 1.54) is 0 Å². The number of nitrogens with zero attached hydrogens (tertiary/aromatic N) is 1. The average Bonchev–Trinajstić information content (AvgIpc) is 2.77. The third-order valence-electron chi connectivity index (χ3n) is 2.39. The second kappa shape index (κ2) is 6.53. The highest BCUT2D eigenvalue weighted by atomic mass is 35.5. The Kier molecular flexibility index (Phi) is 5.01. The van der Waals surface area contributed by atoms with Gasteiger partial charge in [-0.3, -0.25) is 0 Å². The van der Waals surface area contributed by atoms with Crippen molar-refractivity contribution in [2.45, 2.75) is 19.9 Å². The molecule has 0 saturated heterocycles. The number of hydrogen-bond donors (Lipinski definition) is 1. The van der Waals surface area contributed by atoms with Gasteiger partial charge < -0.3 is 5.32 Å². The smallest absolute Gasteiger partial charge is 0.123 e. The Morgan fingerprint density at radius 3 is 2.61 bits per heavy atom. The molecule has 0 spiro atoms. The lowest BCUT2D eigenvalue weighted by molar-refractivity contribution is 0.667. The minimum Gasteiger partial charge on any atom is -0.311 e. The molecule has 1 heterocycles. The molecule has 0 aliphatic carbocycles. The van der Waals surface area contributed by atoms with E-state index in [1.54, 1.807) is 17.4 Å². The number of aromatic nitrogens is 1. The predicted molar refractivity (Wildman–Crippen MR) is 79.6 cm³/mol. The number of thiazole rings is 1. The molecular weight excluding hydrogens is 287 g/mol. The SMILES string of the molecule is CCCNCc1csc(-c2cc(Cl)cc(Cl)c2)n1. The summed E-state index contributed by atoms with van der Waals surface area (Å²) in [6.45, 7) is 3.96. The van der Waals surface area contributed by atoms with E-state index in [2.05, 4.69) is 22.6 Å². The van der Waals surface area contributed by atoms with E-state index in [-0.39, 0.29) is 0 Å². The van der Waals surface area contributed by atoms with Crippen molar-refractivity contribution in [1.82, 2.24) is 10.3 Å². The zero-order valence-electron chi connectivity index (χ0n) is 10.0. The molecule has 0 bridgehead atoms. The van der Waals surface area contributed by atoms with Gasteiger partial charge in [0.15, 0.2) is 0 Å². The van der Waals surface area contributed by atoms with E-state index in [0.29, 0.717) is 10.0 Å². The van der Waals surface area contributed by atoms with Gasteiger partial charge in [-0.1, -0.05) is 30.1 Å². The number of halogens is 2. The monoisotopic (exact) mass is 300 g/mol. The molecule has 18 heavy (non-hydrogen) atoms. The van der Waals surface area contributed by atoms with E-state index in [9.17, 15) is 0 Å². The molecule has 0 aliphatic rings.